The molecule has 2 fully saturated rings. The lowest BCUT2D eigenvalue weighted by molar-refractivity contribution is 0.102. The molecule has 0 spiro atoms. The summed E-state index contributed by atoms with van der Waals surface area (Å²) in [6, 6.07) is 0. The van der Waals surface area contributed by atoms with Crippen molar-refractivity contribution < 1.29 is 4.79 Å². The summed E-state index contributed by atoms with van der Waals surface area (Å²) in [5.41, 5.74) is 8.25. The highest BCUT2D eigenvalue weighted by Crippen LogP contribution is 2.52. The summed E-state index contributed by atoms with van der Waals surface area (Å²) in [6.07, 6.45) is 2.44. The van der Waals surface area contributed by atoms with E-state index in [0.29, 0.717) is 5.92 Å². The van der Waals surface area contributed by atoms with Crippen LogP contribution in [-0.2, 0) is 0 Å². The molecule has 2 N–H and O–H groups in total. The van der Waals surface area contributed by atoms with Gasteiger partial charge in [0.05, 0.1) is 15.6 Å². The molecule has 5 heteroatoms. The van der Waals surface area contributed by atoms with Crippen molar-refractivity contribution in [3.05, 3.63) is 10.4 Å². The van der Waals surface area contributed by atoms with Gasteiger partial charge in [0.15, 0.2) is 5.78 Å². The first-order chi connectivity index (χ1) is 9.08. The molecule has 0 bridgehead atoms. The second kappa shape index (κ2) is 4.80. The van der Waals surface area contributed by atoms with Gasteiger partial charge < -0.3 is 15.5 Å². The van der Waals surface area contributed by atoms with Crippen molar-refractivity contribution >= 4 is 27.8 Å². The van der Waals surface area contributed by atoms with Crippen molar-refractivity contribution in [3.63, 3.8) is 0 Å². The zero-order valence-electron chi connectivity index (χ0n) is 11.6. The van der Waals surface area contributed by atoms with Crippen LogP contribution >= 0.6 is 11.3 Å². The molecule has 1 aliphatic carbocycles. The lowest BCUT2D eigenvalue weighted by atomic mass is 10.1. The number of piperazine rings is 1. The standard InChI is InChI=1S/C14H21N3OS/c1-9(18)13-12(15)11(10-3-4-10)14(19-13)17-7-5-16(2)6-8-17/h10H,3-8,15H2,1-2H3. The van der Waals surface area contributed by atoms with Gasteiger partial charge in [-0.15, -0.1) is 11.3 Å². The Morgan fingerprint density at radius 2 is 1.89 bits per heavy atom. The first-order valence-electron chi connectivity index (χ1n) is 6.94. The Kier molecular flexibility index (Phi) is 3.27. The third kappa shape index (κ3) is 2.37. The van der Waals surface area contributed by atoms with Gasteiger partial charge in [-0.2, -0.15) is 0 Å². The summed E-state index contributed by atoms with van der Waals surface area (Å²) in [5.74, 6) is 0.698. The molecule has 0 amide bonds. The van der Waals surface area contributed by atoms with Crippen molar-refractivity contribution in [2.75, 3.05) is 43.9 Å². The van der Waals surface area contributed by atoms with Crippen LogP contribution in [0.15, 0.2) is 0 Å². The number of carbonyl (C=O) groups excluding carboxylic acids is 1. The fourth-order valence-corrected chi connectivity index (χ4v) is 3.97. The van der Waals surface area contributed by atoms with Crippen molar-refractivity contribution in [2.24, 2.45) is 0 Å². The molecule has 0 radical (unpaired) electrons. The van der Waals surface area contributed by atoms with Crippen LogP contribution in [0.4, 0.5) is 10.7 Å². The van der Waals surface area contributed by atoms with E-state index in [1.807, 2.05) is 0 Å². The van der Waals surface area contributed by atoms with Crippen molar-refractivity contribution in [1.82, 2.24) is 4.90 Å². The van der Waals surface area contributed by atoms with E-state index >= 15 is 0 Å². The van der Waals surface area contributed by atoms with Crippen LogP contribution in [0.3, 0.4) is 0 Å². The summed E-state index contributed by atoms with van der Waals surface area (Å²) in [4.78, 5) is 17.2. The third-order valence-corrected chi connectivity index (χ3v) is 5.44. The Balaban J connectivity index is 1.95. The predicted octanol–water partition coefficient (Wildman–Crippen LogP) is 2.16. The molecule has 2 heterocycles. The van der Waals surface area contributed by atoms with Crippen molar-refractivity contribution in [2.45, 2.75) is 25.7 Å². The quantitative estimate of drug-likeness (QED) is 0.862. The van der Waals surface area contributed by atoms with Crippen LogP contribution in [0.25, 0.3) is 0 Å². The minimum atomic E-state index is 0.102. The number of carbonyl (C=O) groups is 1. The third-order valence-electron chi connectivity index (χ3n) is 4.06. The maximum absolute atomic E-state index is 11.7. The summed E-state index contributed by atoms with van der Waals surface area (Å²) >= 11 is 1.60. The zero-order valence-corrected chi connectivity index (χ0v) is 12.4. The molecule has 3 rings (SSSR count). The molecule has 2 aliphatic rings. The maximum Gasteiger partial charge on any atom is 0.171 e. The molecule has 0 aromatic carbocycles. The summed E-state index contributed by atoms with van der Waals surface area (Å²) in [7, 11) is 2.16. The van der Waals surface area contributed by atoms with E-state index in [-0.39, 0.29) is 5.78 Å². The number of hydrogen-bond acceptors (Lipinski definition) is 5. The number of ketones is 1. The Labute approximate surface area is 118 Å². The van der Waals surface area contributed by atoms with Crippen LogP contribution in [0.5, 0.6) is 0 Å². The maximum atomic E-state index is 11.7. The lowest BCUT2D eigenvalue weighted by Crippen LogP contribution is -2.44. The molecule has 104 valence electrons. The Morgan fingerprint density at radius 3 is 2.42 bits per heavy atom. The first-order valence-corrected chi connectivity index (χ1v) is 7.76. The molecule has 0 unspecified atom stereocenters. The second-order valence-electron chi connectivity index (χ2n) is 5.68. The van der Waals surface area contributed by atoms with Crippen LogP contribution < -0.4 is 10.6 Å². The molecule has 0 atom stereocenters. The van der Waals surface area contributed by atoms with Gasteiger partial charge in [-0.1, -0.05) is 0 Å². The number of rotatable bonds is 3. The Morgan fingerprint density at radius 1 is 1.26 bits per heavy atom. The highest BCUT2D eigenvalue weighted by Gasteiger charge is 2.34. The molecule has 19 heavy (non-hydrogen) atoms. The monoisotopic (exact) mass is 279 g/mol. The highest BCUT2D eigenvalue weighted by atomic mass is 32.1. The van der Waals surface area contributed by atoms with E-state index in [1.54, 1.807) is 18.3 Å². The summed E-state index contributed by atoms with van der Waals surface area (Å²) in [6.45, 7) is 5.85. The fourth-order valence-electron chi connectivity index (χ4n) is 2.72. The number of nitrogens with two attached hydrogens (primary N) is 1. The van der Waals surface area contributed by atoms with Gasteiger partial charge in [0, 0.05) is 38.7 Å². The normalized spacial score (nSPS) is 20.8. The average molecular weight is 279 g/mol. The van der Waals surface area contributed by atoms with E-state index in [1.165, 1.54) is 23.4 Å². The SMILES string of the molecule is CC(=O)c1sc(N2CCN(C)CC2)c(C2CC2)c1N. The van der Waals surface area contributed by atoms with Gasteiger partial charge >= 0.3 is 0 Å². The number of nitrogens with zero attached hydrogens (tertiary/aromatic N) is 2. The van der Waals surface area contributed by atoms with Gasteiger partial charge in [0.2, 0.25) is 0 Å². The summed E-state index contributed by atoms with van der Waals surface area (Å²) < 4.78 is 0. The van der Waals surface area contributed by atoms with Crippen molar-refractivity contribution in [1.29, 1.82) is 0 Å². The zero-order chi connectivity index (χ0) is 13.6. The highest BCUT2D eigenvalue weighted by molar-refractivity contribution is 7.18. The number of hydrogen-bond donors (Lipinski definition) is 1. The van der Waals surface area contributed by atoms with Crippen molar-refractivity contribution in [3.8, 4) is 0 Å². The number of likely N-dealkylation sites (N-methyl/N-ethyl adjacent to an activating group) is 1. The predicted molar refractivity (Wildman–Crippen MR) is 80.4 cm³/mol. The number of nitrogen functional groups attached to an aromatic ring is 1. The van der Waals surface area contributed by atoms with E-state index in [9.17, 15) is 4.79 Å². The van der Waals surface area contributed by atoms with Crippen LogP contribution in [0.2, 0.25) is 0 Å². The Hall–Kier alpha value is -1.07. The van der Waals surface area contributed by atoms with E-state index < -0.39 is 0 Å². The van der Waals surface area contributed by atoms with Gasteiger partial charge in [0.1, 0.15) is 0 Å². The minimum Gasteiger partial charge on any atom is -0.397 e. The van der Waals surface area contributed by atoms with Crippen LogP contribution in [0, 0.1) is 0 Å². The molecular formula is C14H21N3OS. The lowest BCUT2D eigenvalue weighted by Gasteiger charge is -2.33. The fraction of sp³-hybridized carbons (Fsp3) is 0.643. The van der Waals surface area contributed by atoms with E-state index in [4.69, 9.17) is 5.73 Å². The smallest absolute Gasteiger partial charge is 0.171 e. The van der Waals surface area contributed by atoms with Crippen LogP contribution in [-0.4, -0.2) is 43.9 Å². The second-order valence-corrected chi connectivity index (χ2v) is 6.68. The average Bonchev–Trinajstić information content (AvgIpc) is 3.14. The Bertz CT molecular complexity index is 499. The first kappa shape index (κ1) is 12.9. The van der Waals surface area contributed by atoms with Gasteiger partial charge in [-0.25, -0.2) is 0 Å². The minimum absolute atomic E-state index is 0.102. The number of thiophene rings is 1. The molecule has 1 aliphatic heterocycles. The number of anilines is 2. The number of Topliss-reactive ketones (excluding diaryl/α,β-unsaturated/α-hetero) is 1. The molecule has 1 saturated carbocycles. The van der Waals surface area contributed by atoms with Gasteiger partial charge in [-0.3, -0.25) is 4.79 Å². The summed E-state index contributed by atoms with van der Waals surface area (Å²) in [5, 5.41) is 1.26. The van der Waals surface area contributed by atoms with E-state index in [2.05, 4.69) is 16.8 Å². The molecule has 1 saturated heterocycles. The van der Waals surface area contributed by atoms with E-state index in [0.717, 1.165) is 36.7 Å². The molecule has 1 aromatic rings. The molecular weight excluding hydrogens is 258 g/mol. The van der Waals surface area contributed by atoms with Crippen LogP contribution in [0.1, 0.15) is 40.9 Å². The largest absolute Gasteiger partial charge is 0.397 e. The molecule has 4 nitrogen and oxygen atoms in total. The van der Waals surface area contributed by atoms with Gasteiger partial charge in [-0.05, 0) is 25.8 Å². The van der Waals surface area contributed by atoms with Gasteiger partial charge in [0.25, 0.3) is 0 Å². The topological polar surface area (TPSA) is 49.6 Å². The molecule has 1 aromatic heterocycles.